The Balaban J connectivity index is 0.00000208. The number of halogens is 1. The summed E-state index contributed by atoms with van der Waals surface area (Å²) >= 11 is 1.68. The maximum Gasteiger partial charge on any atom is 0.243 e. The molecule has 3 saturated heterocycles. The second kappa shape index (κ2) is 7.83. The molecule has 3 fully saturated rings. The Morgan fingerprint density at radius 2 is 1.83 bits per heavy atom. The predicted molar refractivity (Wildman–Crippen MR) is 100 cm³/mol. The van der Waals surface area contributed by atoms with Crippen molar-refractivity contribution in [3.8, 4) is 0 Å². The zero-order valence-electron chi connectivity index (χ0n) is 14.8. The largest absolute Gasteiger partial charge is 0.351 e. The standard InChI is InChI=1S/C17H29N3O2S.ClH/c1-17(2,3)8-15(21)20-10-23-9-14(20)16(22)19-13-6-11-4-5-12(7-13)18-11;/h11-14,18H,4-10H2,1-3H3,(H,19,22);1H. The van der Waals surface area contributed by atoms with Crippen molar-refractivity contribution < 1.29 is 9.59 Å². The van der Waals surface area contributed by atoms with E-state index in [1.54, 1.807) is 16.7 Å². The fourth-order valence-electron chi connectivity index (χ4n) is 3.93. The molecule has 138 valence electrons. The van der Waals surface area contributed by atoms with E-state index in [9.17, 15) is 9.59 Å². The molecule has 0 aromatic heterocycles. The number of carbonyl (C=O) groups is 2. The third kappa shape index (κ3) is 4.79. The normalized spacial score (nSPS) is 32.4. The average molecular weight is 376 g/mol. The monoisotopic (exact) mass is 375 g/mol. The van der Waals surface area contributed by atoms with Gasteiger partial charge in [-0.2, -0.15) is 0 Å². The van der Waals surface area contributed by atoms with Crippen molar-refractivity contribution in [3.63, 3.8) is 0 Å². The molecule has 2 amide bonds. The predicted octanol–water partition coefficient (Wildman–Crippen LogP) is 2.15. The maximum atomic E-state index is 12.7. The summed E-state index contributed by atoms with van der Waals surface area (Å²) in [6.07, 6.45) is 5.00. The number of hydrogen-bond donors (Lipinski definition) is 2. The highest BCUT2D eigenvalue weighted by molar-refractivity contribution is 7.99. The molecule has 3 rings (SSSR count). The van der Waals surface area contributed by atoms with Gasteiger partial charge in [0.05, 0.1) is 5.88 Å². The van der Waals surface area contributed by atoms with Gasteiger partial charge in [-0.05, 0) is 31.1 Å². The lowest BCUT2D eigenvalue weighted by atomic mass is 9.91. The first-order chi connectivity index (χ1) is 10.8. The van der Waals surface area contributed by atoms with Gasteiger partial charge < -0.3 is 15.5 Å². The number of hydrogen-bond acceptors (Lipinski definition) is 4. The van der Waals surface area contributed by atoms with Crippen LogP contribution in [0.1, 0.15) is 52.9 Å². The van der Waals surface area contributed by atoms with Crippen LogP contribution in [0.25, 0.3) is 0 Å². The van der Waals surface area contributed by atoms with Gasteiger partial charge in [0.25, 0.3) is 0 Å². The molecule has 7 heteroatoms. The van der Waals surface area contributed by atoms with Gasteiger partial charge in [0.1, 0.15) is 6.04 Å². The summed E-state index contributed by atoms with van der Waals surface area (Å²) in [6.45, 7) is 6.19. The molecule has 2 bridgehead atoms. The molecule has 3 heterocycles. The van der Waals surface area contributed by atoms with Crippen LogP contribution in [0.3, 0.4) is 0 Å². The van der Waals surface area contributed by atoms with Gasteiger partial charge in [-0.15, -0.1) is 24.2 Å². The molecular formula is C17H30ClN3O2S. The zero-order valence-corrected chi connectivity index (χ0v) is 16.5. The molecule has 0 aromatic rings. The molecule has 0 radical (unpaired) electrons. The number of amides is 2. The SMILES string of the molecule is CC(C)(C)CC(=O)N1CSCC1C(=O)NC1CC2CCC(C1)N2.Cl. The lowest BCUT2D eigenvalue weighted by Gasteiger charge is -2.32. The second-order valence-electron chi connectivity index (χ2n) is 8.43. The summed E-state index contributed by atoms with van der Waals surface area (Å²) in [6, 6.07) is 1.11. The Hall–Kier alpha value is -0.460. The molecule has 0 saturated carbocycles. The van der Waals surface area contributed by atoms with Crippen molar-refractivity contribution in [2.45, 2.75) is 77.0 Å². The molecule has 0 spiro atoms. The highest BCUT2D eigenvalue weighted by Crippen LogP contribution is 2.29. The summed E-state index contributed by atoms with van der Waals surface area (Å²) in [5.41, 5.74) is -0.0421. The van der Waals surface area contributed by atoms with Crippen molar-refractivity contribution >= 4 is 36.0 Å². The van der Waals surface area contributed by atoms with Crippen molar-refractivity contribution in [1.82, 2.24) is 15.5 Å². The zero-order chi connectivity index (χ0) is 16.6. The minimum Gasteiger partial charge on any atom is -0.351 e. The first-order valence-electron chi connectivity index (χ1n) is 8.75. The highest BCUT2D eigenvalue weighted by atomic mass is 35.5. The molecule has 0 aromatic carbocycles. The van der Waals surface area contributed by atoms with Crippen LogP contribution in [0.5, 0.6) is 0 Å². The first-order valence-corrected chi connectivity index (χ1v) is 9.91. The average Bonchev–Trinajstić information content (AvgIpc) is 3.04. The number of nitrogens with zero attached hydrogens (tertiary/aromatic N) is 1. The Labute approximate surface area is 155 Å². The molecule has 3 aliphatic heterocycles. The van der Waals surface area contributed by atoms with Crippen LogP contribution in [0, 0.1) is 5.41 Å². The number of piperidine rings is 1. The fourth-order valence-corrected chi connectivity index (χ4v) is 5.11. The first kappa shape index (κ1) is 19.9. The van der Waals surface area contributed by atoms with E-state index in [0.29, 0.717) is 24.4 Å². The third-order valence-electron chi connectivity index (χ3n) is 5.01. The second-order valence-corrected chi connectivity index (χ2v) is 9.43. The molecule has 24 heavy (non-hydrogen) atoms. The molecular weight excluding hydrogens is 346 g/mol. The van der Waals surface area contributed by atoms with Gasteiger partial charge in [0.2, 0.25) is 11.8 Å². The van der Waals surface area contributed by atoms with Crippen LogP contribution in [0.15, 0.2) is 0 Å². The van der Waals surface area contributed by atoms with Crippen molar-refractivity contribution in [2.75, 3.05) is 11.6 Å². The van der Waals surface area contributed by atoms with Gasteiger partial charge in [0.15, 0.2) is 0 Å². The topological polar surface area (TPSA) is 61.4 Å². The number of nitrogens with one attached hydrogen (secondary N) is 2. The lowest BCUT2D eigenvalue weighted by molar-refractivity contribution is -0.139. The molecule has 2 N–H and O–H groups in total. The van der Waals surface area contributed by atoms with E-state index in [2.05, 4.69) is 31.4 Å². The Bertz CT molecular complexity index is 471. The van der Waals surface area contributed by atoms with E-state index in [0.717, 1.165) is 18.6 Å². The lowest BCUT2D eigenvalue weighted by Crippen LogP contribution is -2.54. The van der Waals surface area contributed by atoms with Crippen LogP contribution in [-0.2, 0) is 9.59 Å². The molecule has 3 aliphatic rings. The molecule has 3 atom stereocenters. The van der Waals surface area contributed by atoms with Crippen molar-refractivity contribution in [3.05, 3.63) is 0 Å². The van der Waals surface area contributed by atoms with E-state index in [4.69, 9.17) is 0 Å². The number of rotatable bonds is 3. The van der Waals surface area contributed by atoms with Crippen LogP contribution >= 0.6 is 24.2 Å². The van der Waals surface area contributed by atoms with Crippen LogP contribution < -0.4 is 10.6 Å². The quantitative estimate of drug-likeness (QED) is 0.793. The summed E-state index contributed by atoms with van der Waals surface area (Å²) in [7, 11) is 0. The van der Waals surface area contributed by atoms with Crippen molar-refractivity contribution in [1.29, 1.82) is 0 Å². The maximum absolute atomic E-state index is 12.7. The van der Waals surface area contributed by atoms with Crippen LogP contribution in [-0.4, -0.2) is 52.5 Å². The van der Waals surface area contributed by atoms with Gasteiger partial charge in [-0.25, -0.2) is 0 Å². The molecule has 3 unspecified atom stereocenters. The van der Waals surface area contributed by atoms with Gasteiger partial charge in [0, 0.05) is 30.3 Å². The Morgan fingerprint density at radius 1 is 1.21 bits per heavy atom. The smallest absolute Gasteiger partial charge is 0.243 e. The number of carbonyl (C=O) groups excluding carboxylic acids is 2. The summed E-state index contributed by atoms with van der Waals surface area (Å²) in [4.78, 5) is 27.0. The van der Waals surface area contributed by atoms with Crippen molar-refractivity contribution in [2.24, 2.45) is 5.41 Å². The summed E-state index contributed by atoms with van der Waals surface area (Å²) in [5, 5.41) is 6.82. The Kier molecular flexibility index (Phi) is 6.48. The number of fused-ring (bicyclic) bond motifs is 2. The van der Waals surface area contributed by atoms with E-state index in [1.807, 2.05) is 0 Å². The van der Waals surface area contributed by atoms with Gasteiger partial charge in [-0.3, -0.25) is 9.59 Å². The van der Waals surface area contributed by atoms with Gasteiger partial charge in [-0.1, -0.05) is 20.8 Å². The summed E-state index contributed by atoms with van der Waals surface area (Å²) in [5.74, 6) is 1.51. The minimum atomic E-state index is -0.289. The molecule has 0 aliphatic carbocycles. The summed E-state index contributed by atoms with van der Waals surface area (Å²) < 4.78 is 0. The van der Waals surface area contributed by atoms with Crippen LogP contribution in [0.4, 0.5) is 0 Å². The van der Waals surface area contributed by atoms with E-state index >= 15 is 0 Å². The van der Waals surface area contributed by atoms with E-state index in [-0.39, 0.29) is 41.7 Å². The molecule has 5 nitrogen and oxygen atoms in total. The third-order valence-corrected chi connectivity index (χ3v) is 6.02. The Morgan fingerprint density at radius 3 is 2.42 bits per heavy atom. The highest BCUT2D eigenvalue weighted by Gasteiger charge is 2.39. The van der Waals surface area contributed by atoms with E-state index < -0.39 is 0 Å². The minimum absolute atomic E-state index is 0. The van der Waals surface area contributed by atoms with E-state index in [1.165, 1.54) is 12.8 Å². The van der Waals surface area contributed by atoms with Gasteiger partial charge >= 0.3 is 0 Å². The fraction of sp³-hybridized carbons (Fsp3) is 0.882. The number of thioether (sulfide) groups is 1. The van der Waals surface area contributed by atoms with Crippen LogP contribution in [0.2, 0.25) is 0 Å².